The monoisotopic (exact) mass is 611 g/mol. The third kappa shape index (κ3) is 5.66. The van der Waals surface area contributed by atoms with Crippen LogP contribution in [0.5, 0.6) is 17.2 Å². The van der Waals surface area contributed by atoms with Crippen LogP contribution < -0.4 is 19.5 Å². The smallest absolute Gasteiger partial charge is 0.264 e. The Balaban J connectivity index is 1.56. The number of rotatable bonds is 8. The Morgan fingerprint density at radius 3 is 2.62 bits per heavy atom. The average Bonchev–Trinajstić information content (AvgIpc) is 3.30. The van der Waals surface area contributed by atoms with Gasteiger partial charge in [0.2, 0.25) is 5.91 Å². The Morgan fingerprint density at radius 2 is 1.93 bits per heavy atom. The summed E-state index contributed by atoms with van der Waals surface area (Å²) in [5, 5.41) is 4.31. The Hall–Kier alpha value is -3.20. The maximum atomic E-state index is 14.2. The zero-order chi connectivity index (χ0) is 28.4. The summed E-state index contributed by atoms with van der Waals surface area (Å²) in [4.78, 5) is 33.4. The highest BCUT2D eigenvalue weighted by Crippen LogP contribution is 2.44. The maximum Gasteiger partial charge on any atom is 0.264 e. The van der Waals surface area contributed by atoms with Crippen molar-refractivity contribution in [2.75, 3.05) is 20.8 Å². The summed E-state index contributed by atoms with van der Waals surface area (Å²) in [5.74, 6) is 1.20. The van der Waals surface area contributed by atoms with Crippen molar-refractivity contribution in [2.45, 2.75) is 70.6 Å². The second kappa shape index (κ2) is 12.1. The number of carbonyl (C=O) groups is 2. The number of carbonyl (C=O) groups excluding carboxylic acids is 2. The second-order valence-corrected chi connectivity index (χ2v) is 12.0. The molecule has 0 radical (unpaired) electrons. The van der Waals surface area contributed by atoms with Crippen LogP contribution in [0.3, 0.4) is 0 Å². The topological polar surface area (TPSA) is 92.9 Å². The maximum absolute atomic E-state index is 14.2. The number of aromatic nitrogens is 1. The molecular weight excluding hydrogens is 574 g/mol. The van der Waals surface area contributed by atoms with Gasteiger partial charge < -0.3 is 29.4 Å². The summed E-state index contributed by atoms with van der Waals surface area (Å²) in [5.41, 5.74) is 2.66. The third-order valence-electron chi connectivity index (χ3n) is 8.05. The second-order valence-electron chi connectivity index (χ2n) is 11.1. The molecule has 2 aromatic carbocycles. The molecule has 3 aromatic rings. The van der Waals surface area contributed by atoms with E-state index in [-0.39, 0.29) is 23.8 Å². The van der Waals surface area contributed by atoms with Gasteiger partial charge in [0.1, 0.15) is 11.8 Å². The van der Waals surface area contributed by atoms with Crippen LogP contribution in [-0.4, -0.2) is 54.6 Å². The molecule has 0 bridgehead atoms. The molecule has 40 heavy (non-hydrogen) atoms. The number of hydrogen-bond acceptors (Lipinski definition) is 5. The summed E-state index contributed by atoms with van der Waals surface area (Å²) < 4.78 is 18.3. The molecule has 8 nitrogen and oxygen atoms in total. The number of fused-ring (bicyclic) bond motifs is 2. The van der Waals surface area contributed by atoms with Crippen molar-refractivity contribution in [3.63, 3.8) is 0 Å². The lowest BCUT2D eigenvalue weighted by Crippen LogP contribution is -2.50. The number of nitrogens with one attached hydrogen (secondary N) is 2. The molecule has 2 N–H and O–H groups in total. The quantitative estimate of drug-likeness (QED) is 0.329. The Labute approximate surface area is 243 Å². The van der Waals surface area contributed by atoms with Gasteiger partial charge in [-0.15, -0.1) is 0 Å². The van der Waals surface area contributed by atoms with Gasteiger partial charge in [0.15, 0.2) is 17.6 Å². The molecule has 1 aliphatic carbocycles. The number of benzene rings is 2. The molecule has 2 unspecified atom stereocenters. The normalized spacial score (nSPS) is 19.8. The van der Waals surface area contributed by atoms with Gasteiger partial charge in [-0.05, 0) is 61.1 Å². The van der Waals surface area contributed by atoms with Crippen LogP contribution in [0.1, 0.15) is 63.1 Å². The number of aromatic amines is 1. The molecule has 1 aliphatic heterocycles. The van der Waals surface area contributed by atoms with Crippen LogP contribution in [0, 0.1) is 5.92 Å². The van der Waals surface area contributed by atoms with Crippen molar-refractivity contribution >= 4 is 38.6 Å². The standard InChI is InChI=1S/C31H38BrN3O5/c1-18(2)28-31(37)35(13-12-19-17-33-25-11-10-22(38-3)16-23(19)25)27(30(36)34-21-8-6-5-7-9-21)24-14-20(32)15-26(39-4)29(24)40-28/h10-11,14-18,21,27-28,33H,5-9,12-13H2,1-4H3,(H,34,36). The van der Waals surface area contributed by atoms with Crippen LogP contribution in [0.25, 0.3) is 10.9 Å². The zero-order valence-electron chi connectivity index (χ0n) is 23.6. The first-order valence-corrected chi connectivity index (χ1v) is 14.9. The average molecular weight is 613 g/mol. The van der Waals surface area contributed by atoms with Crippen LogP contribution in [-0.2, 0) is 16.0 Å². The van der Waals surface area contributed by atoms with Crippen molar-refractivity contribution in [1.29, 1.82) is 0 Å². The molecule has 214 valence electrons. The summed E-state index contributed by atoms with van der Waals surface area (Å²) in [6.45, 7) is 4.26. The van der Waals surface area contributed by atoms with Gasteiger partial charge >= 0.3 is 0 Å². The van der Waals surface area contributed by atoms with Gasteiger partial charge in [-0.3, -0.25) is 9.59 Å². The van der Waals surface area contributed by atoms with Crippen molar-refractivity contribution in [2.24, 2.45) is 5.92 Å². The molecule has 1 fully saturated rings. The summed E-state index contributed by atoms with van der Waals surface area (Å²) in [6.07, 6.45) is 7.03. The lowest BCUT2D eigenvalue weighted by molar-refractivity contribution is -0.146. The minimum Gasteiger partial charge on any atom is -0.497 e. The van der Waals surface area contributed by atoms with E-state index in [9.17, 15) is 9.59 Å². The van der Waals surface area contributed by atoms with Gasteiger partial charge in [-0.25, -0.2) is 0 Å². The number of methoxy groups -OCH3 is 2. The molecule has 1 aromatic heterocycles. The lowest BCUT2D eigenvalue weighted by atomic mass is 9.94. The van der Waals surface area contributed by atoms with E-state index in [0.717, 1.165) is 52.4 Å². The Bertz CT molecular complexity index is 1380. The van der Waals surface area contributed by atoms with Gasteiger partial charge in [0, 0.05) is 39.7 Å². The van der Waals surface area contributed by atoms with Crippen molar-refractivity contribution < 1.29 is 23.8 Å². The minimum atomic E-state index is -0.862. The van der Waals surface area contributed by atoms with Gasteiger partial charge in [-0.1, -0.05) is 49.0 Å². The first-order chi connectivity index (χ1) is 19.3. The van der Waals surface area contributed by atoms with E-state index in [1.165, 1.54) is 6.42 Å². The zero-order valence-corrected chi connectivity index (χ0v) is 25.2. The number of amides is 2. The fourth-order valence-electron chi connectivity index (χ4n) is 5.91. The number of H-pyrrole nitrogens is 1. The number of ether oxygens (including phenoxy) is 3. The lowest BCUT2D eigenvalue weighted by Gasteiger charge is -2.33. The van der Waals surface area contributed by atoms with E-state index in [4.69, 9.17) is 14.2 Å². The fourth-order valence-corrected chi connectivity index (χ4v) is 6.36. The molecule has 2 aliphatic rings. The first kappa shape index (κ1) is 28.3. The third-order valence-corrected chi connectivity index (χ3v) is 8.51. The first-order valence-electron chi connectivity index (χ1n) is 14.1. The Morgan fingerprint density at radius 1 is 1.15 bits per heavy atom. The molecule has 1 saturated carbocycles. The fraction of sp³-hybridized carbons (Fsp3) is 0.484. The van der Waals surface area contributed by atoms with Crippen LogP contribution in [0.2, 0.25) is 0 Å². The highest BCUT2D eigenvalue weighted by Gasteiger charge is 2.43. The molecule has 5 rings (SSSR count). The molecule has 2 atom stereocenters. The minimum absolute atomic E-state index is 0.0989. The van der Waals surface area contributed by atoms with Crippen molar-refractivity contribution in [1.82, 2.24) is 15.2 Å². The van der Waals surface area contributed by atoms with Gasteiger partial charge in [0.05, 0.1) is 14.2 Å². The molecule has 0 saturated heterocycles. The molecule has 2 heterocycles. The van der Waals surface area contributed by atoms with E-state index < -0.39 is 12.1 Å². The molecule has 0 spiro atoms. The SMILES string of the molecule is COc1ccc2[nH]cc(CCN3C(=O)C(C(C)C)Oc4c(OC)cc(Br)cc4C3C(=O)NC3CCCCC3)c2c1. The van der Waals surface area contributed by atoms with Crippen molar-refractivity contribution in [3.8, 4) is 17.2 Å². The van der Waals surface area contributed by atoms with E-state index in [2.05, 4.69) is 26.2 Å². The van der Waals surface area contributed by atoms with E-state index in [0.29, 0.717) is 30.0 Å². The van der Waals surface area contributed by atoms with E-state index >= 15 is 0 Å². The number of hydrogen-bond donors (Lipinski definition) is 2. The molecule has 9 heteroatoms. The predicted molar refractivity (Wildman–Crippen MR) is 158 cm³/mol. The number of halogens is 1. The van der Waals surface area contributed by atoms with E-state index in [1.807, 2.05) is 50.4 Å². The molecule has 2 amide bonds. The summed E-state index contributed by atoms with van der Waals surface area (Å²) >= 11 is 3.59. The predicted octanol–water partition coefficient (Wildman–Crippen LogP) is 5.93. The van der Waals surface area contributed by atoms with E-state index in [1.54, 1.807) is 19.1 Å². The van der Waals surface area contributed by atoms with Gasteiger partial charge in [-0.2, -0.15) is 0 Å². The van der Waals surface area contributed by atoms with Crippen LogP contribution >= 0.6 is 15.9 Å². The summed E-state index contributed by atoms with van der Waals surface area (Å²) in [7, 11) is 3.22. The van der Waals surface area contributed by atoms with Crippen LogP contribution in [0.4, 0.5) is 0 Å². The molecular formula is C31H38BrN3O5. The summed E-state index contributed by atoms with van der Waals surface area (Å²) in [6, 6.07) is 8.82. The van der Waals surface area contributed by atoms with Gasteiger partial charge in [0.25, 0.3) is 5.91 Å². The Kier molecular flexibility index (Phi) is 8.59. The number of nitrogens with zero attached hydrogens (tertiary/aromatic N) is 1. The van der Waals surface area contributed by atoms with Crippen LogP contribution in [0.15, 0.2) is 41.0 Å². The highest BCUT2D eigenvalue weighted by molar-refractivity contribution is 9.10. The largest absolute Gasteiger partial charge is 0.497 e. The van der Waals surface area contributed by atoms with Crippen molar-refractivity contribution in [3.05, 3.63) is 52.1 Å². The highest BCUT2D eigenvalue weighted by atomic mass is 79.9.